The van der Waals surface area contributed by atoms with Gasteiger partial charge < -0.3 is 20.1 Å². The van der Waals surface area contributed by atoms with Crippen LogP contribution >= 0.6 is 0 Å². The van der Waals surface area contributed by atoms with E-state index in [4.69, 9.17) is 9.47 Å². The van der Waals surface area contributed by atoms with Gasteiger partial charge in [-0.1, -0.05) is 6.07 Å². The van der Waals surface area contributed by atoms with Crippen molar-refractivity contribution in [2.75, 3.05) is 25.1 Å². The molecule has 2 heterocycles. The number of nitrogens with zero attached hydrogens (tertiary/aromatic N) is 1. The van der Waals surface area contributed by atoms with Gasteiger partial charge in [-0.25, -0.2) is 0 Å². The molecule has 1 aliphatic heterocycles. The summed E-state index contributed by atoms with van der Waals surface area (Å²) < 4.78 is 11.0. The van der Waals surface area contributed by atoms with E-state index in [1.807, 2.05) is 36.4 Å². The molecule has 1 aromatic heterocycles. The number of hydrogen-bond donors (Lipinski definition) is 2. The smallest absolute Gasteiger partial charge is 0.239 e. The summed E-state index contributed by atoms with van der Waals surface area (Å²) in [5.41, 5.74) is 1.65. The SMILES string of the molecule is O=C(CNc1ccc2c(c1)OCCO2)NCc1ccccn1. The molecule has 1 amide bonds. The third-order valence-electron chi connectivity index (χ3n) is 3.19. The van der Waals surface area contributed by atoms with E-state index < -0.39 is 0 Å². The lowest BCUT2D eigenvalue weighted by molar-refractivity contribution is -0.119. The Morgan fingerprint density at radius 3 is 2.82 bits per heavy atom. The first-order valence-electron chi connectivity index (χ1n) is 7.11. The second-order valence-corrected chi connectivity index (χ2v) is 4.81. The van der Waals surface area contributed by atoms with Crippen molar-refractivity contribution in [1.29, 1.82) is 0 Å². The molecule has 114 valence electrons. The third-order valence-corrected chi connectivity index (χ3v) is 3.19. The molecule has 2 N–H and O–H groups in total. The lowest BCUT2D eigenvalue weighted by Crippen LogP contribution is -2.29. The number of aromatic nitrogens is 1. The molecular weight excluding hydrogens is 282 g/mol. The Labute approximate surface area is 128 Å². The van der Waals surface area contributed by atoms with Crippen LogP contribution in [-0.2, 0) is 11.3 Å². The number of rotatable bonds is 5. The second kappa shape index (κ2) is 6.80. The van der Waals surface area contributed by atoms with Crippen molar-refractivity contribution >= 4 is 11.6 Å². The van der Waals surface area contributed by atoms with Crippen molar-refractivity contribution in [3.05, 3.63) is 48.3 Å². The van der Waals surface area contributed by atoms with Crippen LogP contribution in [0.4, 0.5) is 5.69 Å². The topological polar surface area (TPSA) is 72.5 Å². The summed E-state index contributed by atoms with van der Waals surface area (Å²) in [5, 5.41) is 5.87. The van der Waals surface area contributed by atoms with Gasteiger partial charge in [0.05, 0.1) is 18.8 Å². The van der Waals surface area contributed by atoms with E-state index in [9.17, 15) is 4.79 Å². The van der Waals surface area contributed by atoms with Gasteiger partial charge in [0, 0.05) is 18.0 Å². The molecule has 0 fully saturated rings. The van der Waals surface area contributed by atoms with Crippen LogP contribution in [0.3, 0.4) is 0 Å². The lowest BCUT2D eigenvalue weighted by Gasteiger charge is -2.19. The van der Waals surface area contributed by atoms with E-state index >= 15 is 0 Å². The zero-order valence-corrected chi connectivity index (χ0v) is 12.0. The number of pyridine rings is 1. The molecule has 1 aromatic carbocycles. The Hall–Kier alpha value is -2.76. The van der Waals surface area contributed by atoms with Crippen LogP contribution in [0.25, 0.3) is 0 Å². The van der Waals surface area contributed by atoms with Gasteiger partial charge in [0.25, 0.3) is 0 Å². The number of carbonyl (C=O) groups excluding carboxylic acids is 1. The molecule has 6 nitrogen and oxygen atoms in total. The molecule has 22 heavy (non-hydrogen) atoms. The molecule has 2 aromatic rings. The fourth-order valence-corrected chi connectivity index (χ4v) is 2.09. The molecular formula is C16H17N3O3. The van der Waals surface area contributed by atoms with Crippen molar-refractivity contribution in [2.45, 2.75) is 6.54 Å². The fourth-order valence-electron chi connectivity index (χ4n) is 2.09. The van der Waals surface area contributed by atoms with Gasteiger partial charge in [0.2, 0.25) is 5.91 Å². The van der Waals surface area contributed by atoms with Gasteiger partial charge in [-0.05, 0) is 24.3 Å². The number of benzene rings is 1. The van der Waals surface area contributed by atoms with Crippen molar-refractivity contribution in [1.82, 2.24) is 10.3 Å². The second-order valence-electron chi connectivity index (χ2n) is 4.81. The first kappa shape index (κ1) is 14.2. The largest absolute Gasteiger partial charge is 0.486 e. The van der Waals surface area contributed by atoms with Crippen molar-refractivity contribution in [2.24, 2.45) is 0 Å². The number of ether oxygens (including phenoxy) is 2. The van der Waals surface area contributed by atoms with Gasteiger partial charge >= 0.3 is 0 Å². The highest BCUT2D eigenvalue weighted by Gasteiger charge is 2.11. The van der Waals surface area contributed by atoms with Gasteiger partial charge in [-0.15, -0.1) is 0 Å². The van der Waals surface area contributed by atoms with Crippen LogP contribution in [0, 0.1) is 0 Å². The zero-order valence-electron chi connectivity index (χ0n) is 12.0. The first-order valence-corrected chi connectivity index (χ1v) is 7.11. The molecule has 3 rings (SSSR count). The number of hydrogen-bond acceptors (Lipinski definition) is 5. The summed E-state index contributed by atoms with van der Waals surface area (Å²) in [6.45, 7) is 1.71. The Morgan fingerprint density at radius 2 is 2.00 bits per heavy atom. The number of anilines is 1. The van der Waals surface area contributed by atoms with Gasteiger partial charge in [-0.3, -0.25) is 9.78 Å². The highest BCUT2D eigenvalue weighted by Crippen LogP contribution is 2.32. The Bertz CT molecular complexity index is 646. The Balaban J connectivity index is 1.48. The molecule has 6 heteroatoms. The maximum atomic E-state index is 11.8. The minimum absolute atomic E-state index is 0.0967. The summed E-state index contributed by atoms with van der Waals surface area (Å²) in [6, 6.07) is 11.1. The lowest BCUT2D eigenvalue weighted by atomic mass is 10.2. The summed E-state index contributed by atoms with van der Waals surface area (Å²) in [4.78, 5) is 16.0. The van der Waals surface area contributed by atoms with E-state index in [-0.39, 0.29) is 12.5 Å². The van der Waals surface area contributed by atoms with E-state index in [1.165, 1.54) is 0 Å². The number of fused-ring (bicyclic) bond motifs is 1. The highest BCUT2D eigenvalue weighted by molar-refractivity contribution is 5.80. The Morgan fingerprint density at radius 1 is 1.14 bits per heavy atom. The van der Waals surface area contributed by atoms with Crippen LogP contribution in [0.1, 0.15) is 5.69 Å². The first-order chi connectivity index (χ1) is 10.8. The molecule has 1 aliphatic rings. The van der Waals surface area contributed by atoms with Crippen LogP contribution in [0.2, 0.25) is 0 Å². The molecule has 0 saturated carbocycles. The Kier molecular flexibility index (Phi) is 4.38. The number of carbonyl (C=O) groups is 1. The molecule has 0 spiro atoms. The molecule has 0 saturated heterocycles. The van der Waals surface area contributed by atoms with Crippen LogP contribution in [0.5, 0.6) is 11.5 Å². The molecule has 0 radical (unpaired) electrons. The maximum Gasteiger partial charge on any atom is 0.239 e. The van der Waals surface area contributed by atoms with Gasteiger partial charge in [-0.2, -0.15) is 0 Å². The predicted molar refractivity (Wildman–Crippen MR) is 82.0 cm³/mol. The quantitative estimate of drug-likeness (QED) is 0.877. The monoisotopic (exact) mass is 299 g/mol. The minimum atomic E-state index is -0.0967. The standard InChI is InChI=1S/C16H17N3O3/c20-16(19-10-13-3-1-2-6-17-13)11-18-12-4-5-14-15(9-12)22-8-7-21-14/h1-6,9,18H,7-8,10-11H2,(H,19,20). The summed E-state index contributed by atoms with van der Waals surface area (Å²) in [7, 11) is 0. The molecule has 0 bridgehead atoms. The van der Waals surface area contributed by atoms with Crippen molar-refractivity contribution < 1.29 is 14.3 Å². The van der Waals surface area contributed by atoms with Crippen molar-refractivity contribution in [3.8, 4) is 11.5 Å². The third kappa shape index (κ3) is 3.66. The van der Waals surface area contributed by atoms with Crippen LogP contribution in [-0.4, -0.2) is 30.6 Å². The minimum Gasteiger partial charge on any atom is -0.486 e. The normalized spacial score (nSPS) is 12.5. The van der Waals surface area contributed by atoms with Crippen molar-refractivity contribution in [3.63, 3.8) is 0 Å². The molecule has 0 atom stereocenters. The van der Waals surface area contributed by atoms with E-state index in [0.717, 1.165) is 17.1 Å². The maximum absolute atomic E-state index is 11.8. The van der Waals surface area contributed by atoms with Gasteiger partial charge in [0.1, 0.15) is 13.2 Å². The highest BCUT2D eigenvalue weighted by atomic mass is 16.6. The zero-order chi connectivity index (χ0) is 15.2. The summed E-state index contributed by atoms with van der Waals surface area (Å²) in [6.07, 6.45) is 1.70. The summed E-state index contributed by atoms with van der Waals surface area (Å²) >= 11 is 0. The molecule has 0 unspecified atom stereocenters. The number of amides is 1. The molecule has 0 aliphatic carbocycles. The average molecular weight is 299 g/mol. The summed E-state index contributed by atoms with van der Waals surface area (Å²) in [5.74, 6) is 1.34. The average Bonchev–Trinajstić information content (AvgIpc) is 2.59. The van der Waals surface area contributed by atoms with E-state index in [1.54, 1.807) is 6.20 Å². The number of nitrogens with one attached hydrogen (secondary N) is 2. The van der Waals surface area contributed by atoms with Gasteiger partial charge in [0.15, 0.2) is 11.5 Å². The fraction of sp³-hybridized carbons (Fsp3) is 0.250. The van der Waals surface area contributed by atoms with E-state index in [2.05, 4.69) is 15.6 Å². The van der Waals surface area contributed by atoms with E-state index in [0.29, 0.717) is 25.5 Å². The predicted octanol–water partition coefficient (Wildman–Crippen LogP) is 1.58. The van der Waals surface area contributed by atoms with Crippen LogP contribution < -0.4 is 20.1 Å². The van der Waals surface area contributed by atoms with Crippen LogP contribution in [0.15, 0.2) is 42.6 Å².